The van der Waals surface area contributed by atoms with Crippen LogP contribution in [0.4, 0.5) is 5.69 Å². The Morgan fingerprint density at radius 1 is 1.11 bits per heavy atom. The second-order valence-electron chi connectivity index (χ2n) is 8.06. The molecule has 0 aliphatic carbocycles. The molecule has 196 valence electrons. The number of rotatable bonds is 9. The third-order valence-electron chi connectivity index (χ3n) is 5.13. The molecule has 0 spiro atoms. The van der Waals surface area contributed by atoms with E-state index >= 15 is 0 Å². The molecule has 0 bridgehead atoms. The molecule has 1 aliphatic rings. The fourth-order valence-electron chi connectivity index (χ4n) is 3.66. The second kappa shape index (κ2) is 12.5. The number of sulfone groups is 1. The van der Waals surface area contributed by atoms with Crippen molar-refractivity contribution in [2.75, 3.05) is 37.6 Å². The SMILES string of the molecule is CCCO.CCOc1cc([C@@H](CS(C)(=O)=O)N2C(=O)c3cccc(NC(C)=O)c3C2=O)ccc1OC. The third kappa shape index (κ3) is 6.82. The fourth-order valence-corrected chi connectivity index (χ4v) is 4.57. The third-order valence-corrected chi connectivity index (χ3v) is 6.05. The number of anilines is 1. The minimum absolute atomic E-state index is 0.0322. The first-order chi connectivity index (χ1) is 17.0. The van der Waals surface area contributed by atoms with Gasteiger partial charge in [-0.25, -0.2) is 8.42 Å². The van der Waals surface area contributed by atoms with Gasteiger partial charge in [-0.05, 0) is 43.2 Å². The van der Waals surface area contributed by atoms with Crippen molar-refractivity contribution in [3.8, 4) is 11.5 Å². The van der Waals surface area contributed by atoms with Crippen molar-refractivity contribution < 1.29 is 37.4 Å². The molecule has 0 saturated carbocycles. The summed E-state index contributed by atoms with van der Waals surface area (Å²) in [5.41, 5.74) is 0.719. The molecule has 0 saturated heterocycles. The number of methoxy groups -OCH3 is 1. The average molecular weight is 521 g/mol. The first kappa shape index (κ1) is 28.8. The van der Waals surface area contributed by atoms with Crippen LogP contribution in [0.1, 0.15) is 59.5 Å². The number of benzene rings is 2. The molecule has 2 N–H and O–H groups in total. The van der Waals surface area contributed by atoms with E-state index in [1.807, 2.05) is 6.92 Å². The smallest absolute Gasteiger partial charge is 0.264 e. The van der Waals surface area contributed by atoms with E-state index in [4.69, 9.17) is 14.6 Å². The summed E-state index contributed by atoms with van der Waals surface area (Å²) in [6.45, 7) is 5.66. The Labute approximate surface area is 211 Å². The zero-order valence-electron chi connectivity index (χ0n) is 21.0. The van der Waals surface area contributed by atoms with Crippen LogP contribution in [-0.2, 0) is 14.6 Å². The Bertz CT molecular complexity index is 1220. The van der Waals surface area contributed by atoms with E-state index in [0.717, 1.165) is 17.6 Å². The van der Waals surface area contributed by atoms with E-state index in [1.54, 1.807) is 31.2 Å². The van der Waals surface area contributed by atoms with Gasteiger partial charge in [0.2, 0.25) is 5.91 Å². The Morgan fingerprint density at radius 2 is 1.78 bits per heavy atom. The van der Waals surface area contributed by atoms with E-state index < -0.39 is 39.4 Å². The largest absolute Gasteiger partial charge is 0.493 e. The van der Waals surface area contributed by atoms with Crippen LogP contribution < -0.4 is 14.8 Å². The molecule has 0 fully saturated rings. The Kier molecular flexibility index (Phi) is 10.00. The number of ether oxygens (including phenoxy) is 2. The predicted molar refractivity (Wildman–Crippen MR) is 135 cm³/mol. The molecule has 0 unspecified atom stereocenters. The number of aliphatic hydroxyl groups is 1. The van der Waals surface area contributed by atoms with Gasteiger partial charge in [-0.3, -0.25) is 19.3 Å². The molecule has 1 atom stereocenters. The summed E-state index contributed by atoms with van der Waals surface area (Å²) < 4.78 is 35.3. The van der Waals surface area contributed by atoms with Gasteiger partial charge in [-0.1, -0.05) is 19.1 Å². The first-order valence-electron chi connectivity index (χ1n) is 11.4. The topological polar surface area (TPSA) is 139 Å². The van der Waals surface area contributed by atoms with Crippen LogP contribution in [0, 0.1) is 0 Å². The molecule has 2 aromatic rings. The highest BCUT2D eigenvalue weighted by Crippen LogP contribution is 2.38. The molecule has 11 heteroatoms. The monoisotopic (exact) mass is 520 g/mol. The van der Waals surface area contributed by atoms with E-state index in [-0.39, 0.29) is 16.8 Å². The summed E-state index contributed by atoms with van der Waals surface area (Å²) in [5.74, 6) is -1.41. The Morgan fingerprint density at radius 3 is 2.31 bits per heavy atom. The van der Waals surface area contributed by atoms with Crippen LogP contribution in [0.25, 0.3) is 0 Å². The van der Waals surface area contributed by atoms with Gasteiger partial charge in [0.25, 0.3) is 11.8 Å². The van der Waals surface area contributed by atoms with Gasteiger partial charge in [0.15, 0.2) is 11.5 Å². The number of nitrogens with zero attached hydrogens (tertiary/aromatic N) is 1. The molecule has 1 aliphatic heterocycles. The number of carbonyl (C=O) groups is 3. The van der Waals surface area contributed by atoms with Crippen molar-refractivity contribution in [2.45, 2.75) is 33.2 Å². The van der Waals surface area contributed by atoms with Gasteiger partial charge >= 0.3 is 0 Å². The molecule has 36 heavy (non-hydrogen) atoms. The van der Waals surface area contributed by atoms with Gasteiger partial charge in [0.05, 0.1) is 42.3 Å². The standard InChI is InChI=1S/C22H24N2O7S.C3H8O/c1-5-31-19-11-14(9-10-18(19)30-3)17(12-32(4,28)29)24-21(26)15-7-6-8-16(23-13(2)25)20(15)22(24)27;1-2-3-4/h6-11,17H,5,12H2,1-4H3,(H,23,25);4H,2-3H2,1H3/t17-;/m1./s1. The summed E-state index contributed by atoms with van der Waals surface area (Å²) in [7, 11) is -2.13. The molecular formula is C25H32N2O8S. The van der Waals surface area contributed by atoms with E-state index in [9.17, 15) is 22.8 Å². The highest BCUT2D eigenvalue weighted by molar-refractivity contribution is 7.90. The first-order valence-corrected chi connectivity index (χ1v) is 13.4. The molecular weight excluding hydrogens is 488 g/mol. The average Bonchev–Trinajstić information content (AvgIpc) is 3.07. The maximum atomic E-state index is 13.3. The van der Waals surface area contributed by atoms with Gasteiger partial charge in [-0.2, -0.15) is 0 Å². The zero-order valence-corrected chi connectivity index (χ0v) is 21.8. The summed E-state index contributed by atoms with van der Waals surface area (Å²) in [5, 5.41) is 10.4. The molecule has 3 rings (SSSR count). The second-order valence-corrected chi connectivity index (χ2v) is 10.2. The van der Waals surface area contributed by atoms with Crippen molar-refractivity contribution in [2.24, 2.45) is 0 Å². The van der Waals surface area contributed by atoms with Crippen LogP contribution in [0.5, 0.6) is 11.5 Å². The van der Waals surface area contributed by atoms with Gasteiger partial charge in [-0.15, -0.1) is 0 Å². The summed E-state index contributed by atoms with van der Waals surface area (Å²) in [4.78, 5) is 39.1. The molecule has 3 amide bonds. The van der Waals surface area contributed by atoms with Gasteiger partial charge in [0.1, 0.15) is 9.84 Å². The van der Waals surface area contributed by atoms with Crippen LogP contribution in [-0.4, -0.2) is 68.5 Å². The highest BCUT2D eigenvalue weighted by Gasteiger charge is 2.43. The van der Waals surface area contributed by atoms with Crippen LogP contribution in [0.15, 0.2) is 36.4 Å². The summed E-state index contributed by atoms with van der Waals surface area (Å²) >= 11 is 0. The van der Waals surface area contributed by atoms with Crippen molar-refractivity contribution >= 4 is 33.2 Å². The highest BCUT2D eigenvalue weighted by atomic mass is 32.2. The number of hydrogen-bond donors (Lipinski definition) is 2. The molecule has 2 aromatic carbocycles. The minimum Gasteiger partial charge on any atom is -0.493 e. The minimum atomic E-state index is -3.60. The van der Waals surface area contributed by atoms with E-state index in [1.165, 1.54) is 26.2 Å². The van der Waals surface area contributed by atoms with Crippen molar-refractivity contribution in [3.05, 3.63) is 53.1 Å². The number of nitrogens with one attached hydrogen (secondary N) is 1. The van der Waals surface area contributed by atoms with Gasteiger partial charge < -0.3 is 19.9 Å². The van der Waals surface area contributed by atoms with Crippen LogP contribution >= 0.6 is 0 Å². The lowest BCUT2D eigenvalue weighted by Crippen LogP contribution is -2.37. The lowest BCUT2D eigenvalue weighted by Gasteiger charge is -2.27. The Balaban J connectivity index is 0.00000106. The van der Waals surface area contributed by atoms with Gasteiger partial charge in [0, 0.05) is 19.8 Å². The van der Waals surface area contributed by atoms with Crippen molar-refractivity contribution in [3.63, 3.8) is 0 Å². The normalized spacial score (nSPS) is 13.4. The van der Waals surface area contributed by atoms with Crippen LogP contribution in [0.3, 0.4) is 0 Å². The molecule has 1 heterocycles. The quantitative estimate of drug-likeness (QED) is 0.481. The lowest BCUT2D eigenvalue weighted by atomic mass is 10.1. The molecule has 0 radical (unpaired) electrons. The predicted octanol–water partition coefficient (Wildman–Crippen LogP) is 2.82. The molecule has 10 nitrogen and oxygen atoms in total. The maximum absolute atomic E-state index is 13.3. The van der Waals surface area contributed by atoms with Crippen molar-refractivity contribution in [1.29, 1.82) is 0 Å². The van der Waals surface area contributed by atoms with Crippen molar-refractivity contribution in [1.82, 2.24) is 4.90 Å². The number of aliphatic hydroxyl groups excluding tert-OH is 1. The fraction of sp³-hybridized carbons (Fsp3) is 0.400. The number of imide groups is 1. The number of fused-ring (bicyclic) bond motifs is 1. The zero-order chi connectivity index (χ0) is 27.0. The maximum Gasteiger partial charge on any atom is 0.264 e. The van der Waals surface area contributed by atoms with E-state index in [0.29, 0.717) is 30.3 Å². The number of carbonyl (C=O) groups excluding carboxylic acids is 3. The Hall–Kier alpha value is -3.44. The van der Waals surface area contributed by atoms with Crippen LogP contribution in [0.2, 0.25) is 0 Å². The van der Waals surface area contributed by atoms with E-state index in [2.05, 4.69) is 5.32 Å². The lowest BCUT2D eigenvalue weighted by molar-refractivity contribution is -0.114. The summed E-state index contributed by atoms with van der Waals surface area (Å²) in [6, 6.07) is 8.18. The number of hydrogen-bond acceptors (Lipinski definition) is 8. The molecule has 0 aromatic heterocycles. The number of amides is 3. The summed E-state index contributed by atoms with van der Waals surface area (Å²) in [6.07, 6.45) is 1.91.